The fraction of sp³-hybridized carbons (Fsp3) is 0.250. The van der Waals surface area contributed by atoms with Crippen LogP contribution in [0.2, 0.25) is 0 Å². The normalized spacial score (nSPS) is 18.2. The molecule has 0 bridgehead atoms. The second-order valence-electron chi connectivity index (χ2n) is 4.62. The zero-order valence-corrected chi connectivity index (χ0v) is 9.95. The van der Waals surface area contributed by atoms with Gasteiger partial charge in [0.2, 0.25) is 0 Å². The van der Waals surface area contributed by atoms with Gasteiger partial charge < -0.3 is 10.3 Å². The third-order valence-electron chi connectivity index (χ3n) is 3.41. The number of aromatic amines is 1. The molecule has 1 aromatic heterocycles. The SMILES string of the molecule is S=C1NNc2c([nH]c3cccc(C4CC4)c23)N1. The first-order valence-corrected chi connectivity index (χ1v) is 6.21. The smallest absolute Gasteiger partial charge is 0.190 e. The molecule has 1 aromatic carbocycles. The molecule has 0 atom stereocenters. The first-order chi connectivity index (χ1) is 8.33. The van der Waals surface area contributed by atoms with Gasteiger partial charge in [0.1, 0.15) is 11.5 Å². The molecule has 4 rings (SSSR count). The topological polar surface area (TPSA) is 51.9 Å². The number of thiocarbonyl (C=S) groups is 1. The lowest BCUT2D eigenvalue weighted by Crippen LogP contribution is -2.37. The van der Waals surface area contributed by atoms with Crippen LogP contribution in [0.4, 0.5) is 11.5 Å². The Kier molecular flexibility index (Phi) is 1.71. The maximum atomic E-state index is 5.08. The van der Waals surface area contributed by atoms with Crippen molar-refractivity contribution in [1.29, 1.82) is 0 Å². The van der Waals surface area contributed by atoms with E-state index >= 15 is 0 Å². The lowest BCUT2D eigenvalue weighted by Gasteiger charge is -2.19. The van der Waals surface area contributed by atoms with Crippen molar-refractivity contribution in [1.82, 2.24) is 10.4 Å². The van der Waals surface area contributed by atoms with Crippen molar-refractivity contribution in [2.24, 2.45) is 0 Å². The minimum Gasteiger partial charge on any atom is -0.339 e. The Hall–Kier alpha value is -1.75. The van der Waals surface area contributed by atoms with E-state index in [9.17, 15) is 0 Å². The minimum atomic E-state index is 0.594. The number of hydrogen-bond donors (Lipinski definition) is 4. The highest BCUT2D eigenvalue weighted by atomic mass is 32.1. The molecule has 0 unspecified atom stereocenters. The van der Waals surface area contributed by atoms with Gasteiger partial charge in [-0.15, -0.1) is 0 Å². The van der Waals surface area contributed by atoms with Crippen molar-refractivity contribution in [2.45, 2.75) is 18.8 Å². The lowest BCUT2D eigenvalue weighted by molar-refractivity contribution is 1.11. The van der Waals surface area contributed by atoms with Gasteiger partial charge in [-0.2, -0.15) is 0 Å². The number of H-pyrrole nitrogens is 1. The van der Waals surface area contributed by atoms with Gasteiger partial charge in [0, 0.05) is 10.9 Å². The molecule has 2 aromatic rings. The van der Waals surface area contributed by atoms with E-state index in [2.05, 4.69) is 39.4 Å². The molecule has 17 heavy (non-hydrogen) atoms. The Morgan fingerprint density at radius 2 is 2.06 bits per heavy atom. The summed E-state index contributed by atoms with van der Waals surface area (Å²) in [5.74, 6) is 1.69. The lowest BCUT2D eigenvalue weighted by atomic mass is 10.0. The molecule has 0 spiro atoms. The molecule has 2 heterocycles. The summed E-state index contributed by atoms with van der Waals surface area (Å²) in [5, 5.41) is 5.02. The molecule has 1 aliphatic heterocycles. The molecular formula is C12H12N4S. The number of fused-ring (bicyclic) bond motifs is 3. The van der Waals surface area contributed by atoms with E-state index in [0.717, 1.165) is 22.9 Å². The quantitative estimate of drug-likeness (QED) is 0.583. The maximum absolute atomic E-state index is 5.08. The Bertz CT molecular complexity index is 627. The Morgan fingerprint density at radius 3 is 2.88 bits per heavy atom. The van der Waals surface area contributed by atoms with E-state index < -0.39 is 0 Å². The highest BCUT2D eigenvalue weighted by Gasteiger charge is 2.28. The fourth-order valence-corrected chi connectivity index (χ4v) is 2.65. The molecule has 86 valence electrons. The van der Waals surface area contributed by atoms with Crippen LogP contribution in [0.5, 0.6) is 0 Å². The van der Waals surface area contributed by atoms with E-state index in [1.165, 1.54) is 23.8 Å². The molecule has 1 aliphatic carbocycles. The van der Waals surface area contributed by atoms with Crippen molar-refractivity contribution in [2.75, 3.05) is 10.7 Å². The summed E-state index contributed by atoms with van der Waals surface area (Å²) in [5.41, 5.74) is 9.80. The summed E-state index contributed by atoms with van der Waals surface area (Å²) in [4.78, 5) is 3.37. The summed E-state index contributed by atoms with van der Waals surface area (Å²) in [6.45, 7) is 0. The summed E-state index contributed by atoms with van der Waals surface area (Å²) >= 11 is 5.08. The van der Waals surface area contributed by atoms with Crippen molar-refractivity contribution >= 4 is 39.7 Å². The van der Waals surface area contributed by atoms with Crippen LogP contribution in [-0.4, -0.2) is 10.1 Å². The van der Waals surface area contributed by atoms with Gasteiger partial charge in [-0.05, 0) is 42.6 Å². The number of hydrogen-bond acceptors (Lipinski definition) is 2. The van der Waals surface area contributed by atoms with E-state index in [1.807, 2.05) is 0 Å². The van der Waals surface area contributed by atoms with E-state index in [4.69, 9.17) is 12.2 Å². The molecule has 4 N–H and O–H groups in total. The average molecular weight is 244 g/mol. The molecule has 1 saturated carbocycles. The summed E-state index contributed by atoms with van der Waals surface area (Å²) in [7, 11) is 0. The van der Waals surface area contributed by atoms with E-state index in [-0.39, 0.29) is 0 Å². The standard InChI is InChI=1S/C12H12N4S/c17-12-14-11-10(15-16-12)9-7(6-4-5-6)2-1-3-8(9)13-11/h1-3,6,13,15H,4-5H2,(H2,14,16,17). The van der Waals surface area contributed by atoms with Crippen LogP contribution in [-0.2, 0) is 0 Å². The van der Waals surface area contributed by atoms with Crippen LogP contribution in [0.3, 0.4) is 0 Å². The van der Waals surface area contributed by atoms with Crippen LogP contribution in [0, 0.1) is 0 Å². The van der Waals surface area contributed by atoms with E-state index in [0.29, 0.717) is 5.11 Å². The number of anilines is 2. The van der Waals surface area contributed by atoms with Crippen LogP contribution < -0.4 is 16.2 Å². The first-order valence-electron chi connectivity index (χ1n) is 5.80. The molecule has 0 saturated heterocycles. The molecule has 5 heteroatoms. The monoisotopic (exact) mass is 244 g/mol. The summed E-state index contributed by atoms with van der Waals surface area (Å²) in [6, 6.07) is 6.44. The Morgan fingerprint density at radius 1 is 1.18 bits per heavy atom. The number of benzene rings is 1. The Labute approximate surface area is 104 Å². The minimum absolute atomic E-state index is 0.594. The van der Waals surface area contributed by atoms with Gasteiger partial charge in [-0.3, -0.25) is 10.9 Å². The molecule has 4 nitrogen and oxygen atoms in total. The first kappa shape index (κ1) is 9.30. The molecule has 1 fully saturated rings. The van der Waals surface area contributed by atoms with Gasteiger partial charge in [0.05, 0.1) is 0 Å². The van der Waals surface area contributed by atoms with Crippen LogP contribution in [0.1, 0.15) is 24.3 Å². The van der Waals surface area contributed by atoms with Crippen molar-refractivity contribution in [3.05, 3.63) is 23.8 Å². The molecular weight excluding hydrogens is 232 g/mol. The summed E-state index contributed by atoms with van der Waals surface area (Å²) in [6.07, 6.45) is 2.61. The maximum Gasteiger partial charge on any atom is 0.190 e. The van der Waals surface area contributed by atoms with Crippen molar-refractivity contribution in [3.8, 4) is 0 Å². The molecule has 0 amide bonds. The third kappa shape index (κ3) is 1.32. The average Bonchev–Trinajstić information content (AvgIpc) is 3.09. The highest BCUT2D eigenvalue weighted by molar-refractivity contribution is 7.80. The van der Waals surface area contributed by atoms with Gasteiger partial charge >= 0.3 is 0 Å². The van der Waals surface area contributed by atoms with Crippen LogP contribution in [0.15, 0.2) is 18.2 Å². The van der Waals surface area contributed by atoms with Gasteiger partial charge in [0.25, 0.3) is 0 Å². The zero-order valence-electron chi connectivity index (χ0n) is 9.13. The Balaban J connectivity index is 2.00. The largest absolute Gasteiger partial charge is 0.339 e. The molecule has 0 radical (unpaired) electrons. The van der Waals surface area contributed by atoms with Gasteiger partial charge in [-0.25, -0.2) is 0 Å². The number of hydrazine groups is 1. The predicted molar refractivity (Wildman–Crippen MR) is 73.3 cm³/mol. The van der Waals surface area contributed by atoms with Crippen molar-refractivity contribution in [3.63, 3.8) is 0 Å². The number of nitrogens with one attached hydrogen (secondary N) is 4. The third-order valence-corrected chi connectivity index (χ3v) is 3.62. The van der Waals surface area contributed by atoms with Crippen molar-refractivity contribution < 1.29 is 0 Å². The van der Waals surface area contributed by atoms with Gasteiger partial charge in [0.15, 0.2) is 5.11 Å². The second kappa shape index (κ2) is 3.13. The van der Waals surface area contributed by atoms with Crippen LogP contribution >= 0.6 is 12.2 Å². The number of aromatic nitrogens is 1. The highest BCUT2D eigenvalue weighted by Crippen LogP contribution is 2.46. The molecule has 2 aliphatic rings. The predicted octanol–water partition coefficient (Wildman–Crippen LogP) is 2.67. The second-order valence-corrected chi connectivity index (χ2v) is 5.03. The van der Waals surface area contributed by atoms with E-state index in [1.54, 1.807) is 0 Å². The number of rotatable bonds is 1. The van der Waals surface area contributed by atoms with Crippen LogP contribution in [0.25, 0.3) is 10.9 Å². The summed E-state index contributed by atoms with van der Waals surface area (Å²) < 4.78 is 0. The van der Waals surface area contributed by atoms with Gasteiger partial charge in [-0.1, -0.05) is 12.1 Å². The zero-order chi connectivity index (χ0) is 11.4. The fourth-order valence-electron chi connectivity index (χ4n) is 2.49.